The van der Waals surface area contributed by atoms with Crippen LogP contribution in [0.25, 0.3) is 0 Å². The number of aromatic hydroxyl groups is 1. The standard InChI is InChI=1S/C24H24F2N4O5/c1-13(2)15-6-4-5-7-16(15)24(11-30(12-24)21(32)18-10-19(31)29-35-18)22(33)28-17-9-8-14(3)27-20(17)34-23(25)26/h4-10,13,23H,11-12H2,1-3H3,(H,28,33)(H,29,31). The summed E-state index contributed by atoms with van der Waals surface area (Å²) in [4.78, 5) is 31.9. The van der Waals surface area contributed by atoms with Crippen LogP contribution in [0.1, 0.15) is 47.1 Å². The highest BCUT2D eigenvalue weighted by atomic mass is 19.3. The summed E-state index contributed by atoms with van der Waals surface area (Å²) >= 11 is 0. The van der Waals surface area contributed by atoms with Crippen molar-refractivity contribution >= 4 is 17.5 Å². The van der Waals surface area contributed by atoms with Gasteiger partial charge in [0.2, 0.25) is 17.5 Å². The molecule has 3 heterocycles. The lowest BCUT2D eigenvalue weighted by Crippen LogP contribution is -2.66. The number of aromatic nitrogens is 2. The molecule has 1 aliphatic heterocycles. The third kappa shape index (κ3) is 4.66. The molecular weight excluding hydrogens is 462 g/mol. The zero-order valence-corrected chi connectivity index (χ0v) is 19.3. The van der Waals surface area contributed by atoms with E-state index in [4.69, 9.17) is 4.52 Å². The van der Waals surface area contributed by atoms with Gasteiger partial charge in [0.05, 0.1) is 6.07 Å². The number of hydrogen-bond acceptors (Lipinski definition) is 7. The molecule has 0 saturated carbocycles. The Hall–Kier alpha value is -4.02. The van der Waals surface area contributed by atoms with Crippen molar-refractivity contribution in [3.63, 3.8) is 0 Å². The second-order valence-corrected chi connectivity index (χ2v) is 8.67. The molecule has 2 N–H and O–H groups in total. The predicted molar refractivity (Wildman–Crippen MR) is 121 cm³/mol. The minimum Gasteiger partial charge on any atom is -0.491 e. The topological polar surface area (TPSA) is 118 Å². The Bertz CT molecular complexity index is 1250. The molecule has 0 unspecified atom stereocenters. The Morgan fingerprint density at radius 1 is 1.20 bits per heavy atom. The molecule has 2 amide bonds. The van der Waals surface area contributed by atoms with E-state index < -0.39 is 35.6 Å². The van der Waals surface area contributed by atoms with Gasteiger partial charge in [-0.05, 0) is 41.3 Å². The molecule has 4 rings (SSSR count). The van der Waals surface area contributed by atoms with Gasteiger partial charge in [-0.25, -0.2) is 4.98 Å². The number of halogens is 2. The first-order valence-electron chi connectivity index (χ1n) is 10.9. The highest BCUT2D eigenvalue weighted by Crippen LogP contribution is 2.41. The number of alkyl halides is 2. The molecule has 0 aliphatic carbocycles. The summed E-state index contributed by atoms with van der Waals surface area (Å²) in [6.45, 7) is 2.45. The number of carbonyl (C=O) groups is 2. The molecular formula is C24H24F2N4O5. The smallest absolute Gasteiger partial charge is 0.388 e. The van der Waals surface area contributed by atoms with E-state index in [1.54, 1.807) is 19.1 Å². The summed E-state index contributed by atoms with van der Waals surface area (Å²) in [7, 11) is 0. The Morgan fingerprint density at radius 3 is 2.54 bits per heavy atom. The van der Waals surface area contributed by atoms with Gasteiger partial charge in [-0.3, -0.25) is 9.59 Å². The SMILES string of the molecule is Cc1ccc(NC(=O)C2(c3ccccc3C(C)C)CN(C(=O)c3cc(O)no3)C2)c(OC(F)F)n1. The van der Waals surface area contributed by atoms with Gasteiger partial charge >= 0.3 is 6.61 Å². The van der Waals surface area contributed by atoms with Crippen LogP contribution in [0, 0.1) is 6.92 Å². The molecule has 0 atom stereocenters. The Labute approximate surface area is 199 Å². The minimum atomic E-state index is -3.12. The number of nitrogens with zero attached hydrogens (tertiary/aromatic N) is 3. The Morgan fingerprint density at radius 2 is 1.91 bits per heavy atom. The van der Waals surface area contributed by atoms with Crippen molar-refractivity contribution in [3.05, 3.63) is 65.0 Å². The van der Waals surface area contributed by atoms with E-state index in [2.05, 4.69) is 20.2 Å². The van der Waals surface area contributed by atoms with Crippen molar-refractivity contribution in [2.24, 2.45) is 0 Å². The molecule has 11 heteroatoms. The molecule has 3 aromatic rings. The molecule has 0 bridgehead atoms. The molecule has 1 fully saturated rings. The van der Waals surface area contributed by atoms with Gasteiger partial charge in [-0.1, -0.05) is 38.1 Å². The molecule has 184 valence electrons. The molecule has 35 heavy (non-hydrogen) atoms. The first-order valence-corrected chi connectivity index (χ1v) is 10.9. The Balaban J connectivity index is 1.69. The zero-order chi connectivity index (χ0) is 25.3. The fourth-order valence-corrected chi connectivity index (χ4v) is 4.19. The van der Waals surface area contributed by atoms with Crippen LogP contribution in [0.4, 0.5) is 14.5 Å². The summed E-state index contributed by atoms with van der Waals surface area (Å²) in [6.07, 6.45) is 0. The fraction of sp³-hybridized carbons (Fsp3) is 0.333. The molecule has 1 aliphatic rings. The van der Waals surface area contributed by atoms with E-state index in [0.717, 1.165) is 11.6 Å². The van der Waals surface area contributed by atoms with Gasteiger partial charge in [0, 0.05) is 18.8 Å². The molecule has 0 spiro atoms. The molecule has 1 saturated heterocycles. The van der Waals surface area contributed by atoms with E-state index in [1.807, 2.05) is 32.0 Å². The van der Waals surface area contributed by atoms with E-state index in [-0.39, 0.29) is 30.5 Å². The van der Waals surface area contributed by atoms with Crippen molar-refractivity contribution in [1.82, 2.24) is 15.0 Å². The van der Waals surface area contributed by atoms with Gasteiger partial charge in [-0.2, -0.15) is 8.78 Å². The second kappa shape index (κ2) is 9.32. The van der Waals surface area contributed by atoms with E-state index in [9.17, 15) is 23.5 Å². The number of amides is 2. The summed E-state index contributed by atoms with van der Waals surface area (Å²) in [6, 6.07) is 11.5. The Kier molecular flexibility index (Phi) is 6.42. The molecule has 9 nitrogen and oxygen atoms in total. The van der Waals surface area contributed by atoms with Gasteiger partial charge in [-0.15, -0.1) is 0 Å². The van der Waals surface area contributed by atoms with Crippen LogP contribution in [0.2, 0.25) is 0 Å². The number of ether oxygens (including phenoxy) is 1. The number of carbonyl (C=O) groups excluding carboxylic acids is 2. The van der Waals surface area contributed by atoms with E-state index in [1.165, 1.54) is 11.0 Å². The number of pyridine rings is 1. The average Bonchev–Trinajstić information content (AvgIpc) is 3.21. The van der Waals surface area contributed by atoms with E-state index in [0.29, 0.717) is 11.3 Å². The lowest BCUT2D eigenvalue weighted by Gasteiger charge is -2.49. The monoisotopic (exact) mass is 486 g/mol. The van der Waals surface area contributed by atoms with Gasteiger partial charge in [0.1, 0.15) is 11.1 Å². The predicted octanol–water partition coefficient (Wildman–Crippen LogP) is 3.84. The maximum atomic E-state index is 13.7. The molecule has 2 aromatic heterocycles. The summed E-state index contributed by atoms with van der Waals surface area (Å²) in [5.41, 5.74) is 0.888. The summed E-state index contributed by atoms with van der Waals surface area (Å²) in [5, 5.41) is 15.4. The quantitative estimate of drug-likeness (QED) is 0.521. The lowest BCUT2D eigenvalue weighted by atomic mass is 9.69. The van der Waals surface area contributed by atoms with Gasteiger partial charge < -0.3 is 24.6 Å². The average molecular weight is 486 g/mol. The van der Waals surface area contributed by atoms with Crippen molar-refractivity contribution in [2.45, 2.75) is 38.7 Å². The fourth-order valence-electron chi connectivity index (χ4n) is 4.19. The lowest BCUT2D eigenvalue weighted by molar-refractivity contribution is -0.126. The molecule has 1 aromatic carbocycles. The number of likely N-dealkylation sites (tertiary alicyclic amines) is 1. The second-order valence-electron chi connectivity index (χ2n) is 8.67. The van der Waals surface area contributed by atoms with Gasteiger partial charge in [0.15, 0.2) is 0 Å². The largest absolute Gasteiger partial charge is 0.491 e. The first-order chi connectivity index (χ1) is 16.6. The zero-order valence-electron chi connectivity index (χ0n) is 19.3. The van der Waals surface area contributed by atoms with Crippen molar-refractivity contribution in [2.75, 3.05) is 18.4 Å². The van der Waals surface area contributed by atoms with Crippen LogP contribution >= 0.6 is 0 Å². The van der Waals surface area contributed by atoms with Crippen LogP contribution in [-0.4, -0.2) is 51.7 Å². The third-order valence-corrected chi connectivity index (χ3v) is 5.90. The maximum absolute atomic E-state index is 13.7. The van der Waals surface area contributed by atoms with Crippen LogP contribution in [0.5, 0.6) is 11.8 Å². The van der Waals surface area contributed by atoms with Crippen LogP contribution < -0.4 is 10.1 Å². The van der Waals surface area contributed by atoms with Crippen LogP contribution in [0.3, 0.4) is 0 Å². The number of anilines is 1. The van der Waals surface area contributed by atoms with Crippen molar-refractivity contribution in [1.29, 1.82) is 0 Å². The van der Waals surface area contributed by atoms with Crippen LogP contribution in [0.15, 0.2) is 47.0 Å². The highest BCUT2D eigenvalue weighted by Gasteiger charge is 2.54. The number of rotatable bonds is 7. The number of benzene rings is 1. The van der Waals surface area contributed by atoms with Crippen molar-refractivity contribution in [3.8, 4) is 11.8 Å². The number of hydrogen-bond donors (Lipinski definition) is 2. The maximum Gasteiger partial charge on any atom is 0.388 e. The highest BCUT2D eigenvalue weighted by molar-refractivity contribution is 6.04. The van der Waals surface area contributed by atoms with Crippen molar-refractivity contribution < 1.29 is 32.7 Å². The molecule has 0 radical (unpaired) electrons. The normalized spacial score (nSPS) is 14.7. The summed E-state index contributed by atoms with van der Waals surface area (Å²) < 4.78 is 35.2. The van der Waals surface area contributed by atoms with Crippen LogP contribution in [-0.2, 0) is 10.2 Å². The van der Waals surface area contributed by atoms with Gasteiger partial charge in [0.25, 0.3) is 11.8 Å². The summed E-state index contributed by atoms with van der Waals surface area (Å²) in [5.74, 6) is -1.96. The van der Waals surface area contributed by atoms with E-state index >= 15 is 0 Å². The number of aryl methyl sites for hydroxylation is 1. The first kappa shape index (κ1) is 24.1. The minimum absolute atomic E-state index is 0.00676. The number of nitrogens with one attached hydrogen (secondary N) is 1. The third-order valence-electron chi connectivity index (χ3n) is 5.90.